The summed E-state index contributed by atoms with van der Waals surface area (Å²) in [5.41, 5.74) is 4.36. The van der Waals surface area contributed by atoms with Crippen LogP contribution in [0.5, 0.6) is 11.5 Å². The van der Waals surface area contributed by atoms with Gasteiger partial charge in [-0.05, 0) is 82.3 Å². The Kier molecular flexibility index (Phi) is 9.12. The Bertz CT molecular complexity index is 1980. The number of methoxy groups -OCH3 is 2. The lowest BCUT2D eigenvalue weighted by Crippen LogP contribution is -2.46. The number of benzene rings is 1. The van der Waals surface area contributed by atoms with Crippen LogP contribution >= 0.6 is 0 Å². The van der Waals surface area contributed by atoms with Gasteiger partial charge in [0, 0.05) is 55.2 Å². The fraction of sp³-hybridized carbons (Fsp3) is 0.561. The smallest absolute Gasteiger partial charge is 0.163 e. The zero-order chi connectivity index (χ0) is 36.3. The first-order valence-electron chi connectivity index (χ1n) is 19.2. The number of hydrogen-bond donors (Lipinski definition) is 1. The molecule has 1 unspecified atom stereocenters. The summed E-state index contributed by atoms with van der Waals surface area (Å²) in [6.07, 6.45) is 15.9. The molecule has 9 rings (SSSR count). The third kappa shape index (κ3) is 6.68. The van der Waals surface area contributed by atoms with E-state index in [2.05, 4.69) is 57.3 Å². The number of allylic oxidation sites excluding steroid dienone is 1. The number of nitrogens with one attached hydrogen (secondary N) is 1. The minimum atomic E-state index is -0.628. The van der Waals surface area contributed by atoms with Crippen molar-refractivity contribution in [2.75, 3.05) is 46.3 Å². The topological polar surface area (TPSA) is 117 Å². The number of anilines is 1. The van der Waals surface area contributed by atoms with Gasteiger partial charge in [0.2, 0.25) is 0 Å². The molecule has 2 saturated heterocycles. The van der Waals surface area contributed by atoms with Crippen molar-refractivity contribution in [3.8, 4) is 11.5 Å². The molecular formula is C41H51N7O5. The van der Waals surface area contributed by atoms with Crippen LogP contribution in [0, 0.1) is 17.8 Å². The van der Waals surface area contributed by atoms with E-state index in [1.807, 2.05) is 32.0 Å². The monoisotopic (exact) mass is 721 g/mol. The maximum atomic E-state index is 6.63. The summed E-state index contributed by atoms with van der Waals surface area (Å²) >= 11 is 0. The van der Waals surface area contributed by atoms with Crippen LogP contribution < -0.4 is 14.8 Å². The molecule has 1 aromatic carbocycles. The lowest BCUT2D eigenvalue weighted by atomic mass is 9.76. The van der Waals surface area contributed by atoms with Crippen LogP contribution in [0.3, 0.4) is 0 Å². The van der Waals surface area contributed by atoms with Crippen LogP contribution in [0.2, 0.25) is 0 Å². The first-order chi connectivity index (χ1) is 25.7. The highest BCUT2D eigenvalue weighted by Crippen LogP contribution is 2.49. The maximum absolute atomic E-state index is 6.63. The van der Waals surface area contributed by atoms with E-state index in [1.54, 1.807) is 20.5 Å². The Hall–Kier alpha value is -4.10. The van der Waals surface area contributed by atoms with Gasteiger partial charge in [-0.3, -0.25) is 4.99 Å². The molecule has 0 amide bonds. The summed E-state index contributed by atoms with van der Waals surface area (Å²) in [6, 6.07) is 8.75. The molecule has 280 valence electrons. The largest absolute Gasteiger partial charge is 0.497 e. The Balaban J connectivity index is 0.822. The Morgan fingerprint density at radius 2 is 1.89 bits per heavy atom. The second kappa shape index (κ2) is 14.0. The first kappa shape index (κ1) is 34.7. The van der Waals surface area contributed by atoms with Crippen LogP contribution in [-0.2, 0) is 20.8 Å². The molecule has 53 heavy (non-hydrogen) atoms. The molecule has 5 atom stereocenters. The van der Waals surface area contributed by atoms with Gasteiger partial charge >= 0.3 is 0 Å². The summed E-state index contributed by atoms with van der Waals surface area (Å²) in [7, 11) is 5.62. The molecule has 2 aromatic heterocycles. The van der Waals surface area contributed by atoms with Gasteiger partial charge in [0.1, 0.15) is 47.3 Å². The van der Waals surface area contributed by atoms with E-state index < -0.39 is 5.79 Å². The lowest BCUT2D eigenvalue weighted by Gasteiger charge is -2.42. The molecule has 3 aliphatic carbocycles. The molecule has 3 aromatic rings. The van der Waals surface area contributed by atoms with E-state index in [0.29, 0.717) is 24.4 Å². The van der Waals surface area contributed by atoms with Crippen molar-refractivity contribution in [3.05, 3.63) is 66.2 Å². The van der Waals surface area contributed by atoms with Crippen molar-refractivity contribution in [3.63, 3.8) is 0 Å². The van der Waals surface area contributed by atoms with E-state index in [4.69, 9.17) is 38.7 Å². The predicted octanol–water partition coefficient (Wildman–Crippen LogP) is 6.00. The van der Waals surface area contributed by atoms with Crippen LogP contribution in [-0.4, -0.2) is 102 Å². The van der Waals surface area contributed by atoms with Crippen molar-refractivity contribution in [1.82, 2.24) is 19.4 Å². The number of rotatable bonds is 13. The van der Waals surface area contributed by atoms with Gasteiger partial charge in [0.05, 0.1) is 50.7 Å². The molecule has 12 nitrogen and oxygen atoms in total. The minimum absolute atomic E-state index is 0.0243. The molecule has 0 bridgehead atoms. The lowest BCUT2D eigenvalue weighted by molar-refractivity contribution is -0.161. The van der Waals surface area contributed by atoms with Crippen molar-refractivity contribution in [2.24, 2.45) is 27.7 Å². The van der Waals surface area contributed by atoms with Crippen LogP contribution in [0.25, 0.3) is 11.0 Å². The zero-order valence-corrected chi connectivity index (χ0v) is 31.4. The molecule has 5 heterocycles. The Morgan fingerprint density at radius 3 is 2.68 bits per heavy atom. The number of fused-ring (bicyclic) bond motifs is 3. The van der Waals surface area contributed by atoms with Gasteiger partial charge in [-0.25, -0.2) is 15.0 Å². The van der Waals surface area contributed by atoms with Gasteiger partial charge in [-0.1, -0.05) is 12.2 Å². The molecule has 0 radical (unpaired) electrons. The standard InChI is InChI=1S/C41H51N7O5/c1-41(2)52-37-27(20-47(3)29-14-24(15-29)6-11-36-45-32-10-8-25(16-33(32)46-36)28-21-51-22-28)17-34(38(37)53-41)48-13-12-31-39(43-23-44-40(31)48)42-19-26-7-9-30(49-4)18-35(26)50-5/h7-10,12-13,16,18,23-24,27-29,32,34,37-38H,6,11,14-15,17,19-22H2,1-5H3,(H,42,43,44)/t24?,27-,29?,32?,34-,37-,38+/m1/s1. The van der Waals surface area contributed by atoms with Crippen molar-refractivity contribution < 1.29 is 23.7 Å². The Labute approximate surface area is 311 Å². The van der Waals surface area contributed by atoms with Gasteiger partial charge in [-0.2, -0.15) is 0 Å². The number of hydrogen-bond acceptors (Lipinski definition) is 11. The first-order valence-corrected chi connectivity index (χ1v) is 19.2. The highest BCUT2D eigenvalue weighted by molar-refractivity contribution is 6.13. The van der Waals surface area contributed by atoms with E-state index >= 15 is 0 Å². The highest BCUT2D eigenvalue weighted by atomic mass is 16.8. The highest BCUT2D eigenvalue weighted by Gasteiger charge is 2.55. The van der Waals surface area contributed by atoms with E-state index in [1.165, 1.54) is 18.4 Å². The zero-order valence-electron chi connectivity index (χ0n) is 31.4. The summed E-state index contributed by atoms with van der Waals surface area (Å²) in [5.74, 6) is 4.28. The molecular weight excluding hydrogens is 670 g/mol. The normalized spacial score (nSPS) is 30.0. The molecule has 0 spiro atoms. The summed E-state index contributed by atoms with van der Waals surface area (Å²) in [4.78, 5) is 21.8. The number of aromatic nitrogens is 3. The van der Waals surface area contributed by atoms with Gasteiger partial charge in [0.15, 0.2) is 5.79 Å². The average Bonchev–Trinajstić information content (AvgIpc) is 3.87. The van der Waals surface area contributed by atoms with Gasteiger partial charge in [0.25, 0.3) is 0 Å². The summed E-state index contributed by atoms with van der Waals surface area (Å²) < 4.78 is 31.9. The minimum Gasteiger partial charge on any atom is -0.497 e. The fourth-order valence-corrected chi connectivity index (χ4v) is 9.17. The average molecular weight is 722 g/mol. The third-order valence-corrected chi connectivity index (χ3v) is 12.2. The quantitative estimate of drug-likeness (QED) is 0.227. The number of aliphatic imine (C=N–C) groups is 2. The van der Waals surface area contributed by atoms with Crippen molar-refractivity contribution in [2.45, 2.75) is 88.6 Å². The van der Waals surface area contributed by atoms with Crippen LogP contribution in [0.4, 0.5) is 5.82 Å². The number of ether oxygens (including phenoxy) is 5. The number of amidine groups is 1. The Morgan fingerprint density at radius 1 is 1.04 bits per heavy atom. The fourth-order valence-electron chi connectivity index (χ4n) is 9.17. The summed E-state index contributed by atoms with van der Waals surface area (Å²) in [5, 5.41) is 4.50. The molecule has 4 fully saturated rings. The van der Waals surface area contributed by atoms with E-state index in [-0.39, 0.29) is 24.3 Å². The third-order valence-electron chi connectivity index (χ3n) is 12.2. The SMILES string of the molecule is COc1ccc(CNc2ncnc3c2ccn3[C@@H]2C[C@H](CN(C)C3CC(CCC4=NC5C=CC(C6COC6)=CC5=N4)C3)[C@H]3OC(C)(C)O[C@H]32)c(OC)c1. The molecule has 12 heteroatoms. The second-order valence-electron chi connectivity index (χ2n) is 16.1. The molecule has 2 saturated carbocycles. The van der Waals surface area contributed by atoms with E-state index in [0.717, 1.165) is 90.4 Å². The molecule has 6 aliphatic rings. The second-order valence-corrected chi connectivity index (χ2v) is 16.1. The van der Waals surface area contributed by atoms with Crippen molar-refractivity contribution in [1.29, 1.82) is 0 Å². The number of nitrogens with zero attached hydrogens (tertiary/aromatic N) is 6. The van der Waals surface area contributed by atoms with Gasteiger partial charge < -0.3 is 38.5 Å². The van der Waals surface area contributed by atoms with E-state index in [9.17, 15) is 0 Å². The van der Waals surface area contributed by atoms with Crippen molar-refractivity contribution >= 4 is 28.4 Å². The molecule has 1 N–H and O–H groups in total. The van der Waals surface area contributed by atoms with Crippen LogP contribution in [0.1, 0.15) is 57.6 Å². The van der Waals surface area contributed by atoms with Gasteiger partial charge in [-0.15, -0.1) is 0 Å². The van der Waals surface area contributed by atoms with Crippen LogP contribution in [0.15, 0.2) is 70.6 Å². The molecule has 3 aliphatic heterocycles. The summed E-state index contributed by atoms with van der Waals surface area (Å²) in [6.45, 7) is 7.25. The maximum Gasteiger partial charge on any atom is 0.163 e. The predicted molar refractivity (Wildman–Crippen MR) is 204 cm³/mol.